The Morgan fingerprint density at radius 3 is 2.38 bits per heavy atom. The Morgan fingerprint density at radius 1 is 1.04 bits per heavy atom. The Kier molecular flexibility index (Phi) is 5.35. The van der Waals surface area contributed by atoms with Gasteiger partial charge in [0.1, 0.15) is 11.9 Å². The molecule has 2 aromatic rings. The van der Waals surface area contributed by atoms with Gasteiger partial charge in [-0.25, -0.2) is 4.79 Å². The van der Waals surface area contributed by atoms with Crippen molar-refractivity contribution < 1.29 is 27.4 Å². The first-order valence-electron chi connectivity index (χ1n) is 8.27. The van der Waals surface area contributed by atoms with Gasteiger partial charge in [0.15, 0.2) is 0 Å². The lowest BCUT2D eigenvalue weighted by Crippen LogP contribution is -2.40. The van der Waals surface area contributed by atoms with Crippen LogP contribution in [-0.4, -0.2) is 31.5 Å². The van der Waals surface area contributed by atoms with Gasteiger partial charge >= 0.3 is 12.3 Å². The van der Waals surface area contributed by atoms with Crippen LogP contribution in [0, 0.1) is 0 Å². The van der Waals surface area contributed by atoms with Gasteiger partial charge in [0, 0.05) is 12.2 Å². The van der Waals surface area contributed by atoms with Crippen LogP contribution in [0.25, 0.3) is 0 Å². The molecule has 0 aromatic heterocycles. The molecule has 0 aliphatic carbocycles. The van der Waals surface area contributed by atoms with Gasteiger partial charge in [-0.1, -0.05) is 18.2 Å². The minimum atomic E-state index is -4.76. The first-order chi connectivity index (χ1) is 12.4. The first-order valence-corrected chi connectivity index (χ1v) is 8.27. The van der Waals surface area contributed by atoms with Crippen LogP contribution in [-0.2, 0) is 4.74 Å². The molecule has 0 N–H and O–H groups in total. The topological polar surface area (TPSA) is 38.8 Å². The van der Waals surface area contributed by atoms with E-state index in [0.717, 1.165) is 37.2 Å². The highest BCUT2D eigenvalue weighted by atomic mass is 19.4. The lowest BCUT2D eigenvalue weighted by atomic mass is 10.1. The lowest BCUT2D eigenvalue weighted by Gasteiger charge is -2.34. The summed E-state index contributed by atoms with van der Waals surface area (Å²) in [4.78, 5) is 14.4. The predicted octanol–water partition coefficient (Wildman–Crippen LogP) is 4.41. The van der Waals surface area contributed by atoms with E-state index in [1.165, 1.54) is 12.1 Å². The van der Waals surface area contributed by atoms with Crippen LogP contribution in [0.2, 0.25) is 0 Å². The van der Waals surface area contributed by atoms with Crippen molar-refractivity contribution in [3.63, 3.8) is 0 Å². The van der Waals surface area contributed by atoms with Gasteiger partial charge in [0.05, 0.1) is 12.1 Å². The Balaban J connectivity index is 1.59. The molecule has 7 heteroatoms. The van der Waals surface area contributed by atoms with E-state index in [1.54, 1.807) is 0 Å². The second-order valence-corrected chi connectivity index (χ2v) is 6.02. The average Bonchev–Trinajstić information content (AvgIpc) is 2.62. The molecule has 0 amide bonds. The summed E-state index contributed by atoms with van der Waals surface area (Å²) in [6.45, 7) is 1.48. The van der Waals surface area contributed by atoms with Crippen molar-refractivity contribution in [1.82, 2.24) is 0 Å². The summed E-state index contributed by atoms with van der Waals surface area (Å²) in [6.07, 6.45) is -3.37. The van der Waals surface area contributed by atoms with Crippen LogP contribution in [0.1, 0.15) is 23.2 Å². The highest BCUT2D eigenvalue weighted by Crippen LogP contribution is 2.24. The Morgan fingerprint density at radius 2 is 1.73 bits per heavy atom. The maximum atomic E-state index is 12.2. The SMILES string of the molecule is O=C(OC1CCCN(c2ccccc2)C1)c1ccc(OC(F)(F)F)cc1. The third-order valence-corrected chi connectivity index (χ3v) is 4.10. The molecule has 0 radical (unpaired) electrons. The summed E-state index contributed by atoms with van der Waals surface area (Å²) in [7, 11) is 0. The summed E-state index contributed by atoms with van der Waals surface area (Å²) in [5.41, 5.74) is 1.26. The largest absolute Gasteiger partial charge is 0.573 e. The van der Waals surface area contributed by atoms with E-state index in [-0.39, 0.29) is 17.4 Å². The molecular formula is C19H18F3NO3. The fourth-order valence-corrected chi connectivity index (χ4v) is 2.92. The summed E-state index contributed by atoms with van der Waals surface area (Å²) in [6, 6.07) is 14.6. The standard InChI is InChI=1S/C19H18F3NO3/c20-19(21,22)26-16-10-8-14(9-11-16)18(24)25-17-7-4-12-23(13-17)15-5-2-1-3-6-15/h1-3,5-6,8-11,17H,4,7,12-13H2. The van der Waals surface area contributed by atoms with E-state index in [2.05, 4.69) is 9.64 Å². The maximum Gasteiger partial charge on any atom is 0.573 e. The summed E-state index contributed by atoms with van der Waals surface area (Å²) < 4.78 is 45.8. The van der Waals surface area contributed by atoms with Gasteiger partial charge < -0.3 is 14.4 Å². The smallest absolute Gasteiger partial charge is 0.457 e. The van der Waals surface area contributed by atoms with Crippen LogP contribution in [0.5, 0.6) is 5.75 Å². The Hall–Kier alpha value is -2.70. The highest BCUT2D eigenvalue weighted by molar-refractivity contribution is 5.89. The van der Waals surface area contributed by atoms with Crippen molar-refractivity contribution in [2.45, 2.75) is 25.3 Å². The zero-order valence-corrected chi connectivity index (χ0v) is 13.9. The van der Waals surface area contributed by atoms with Crippen LogP contribution < -0.4 is 9.64 Å². The van der Waals surface area contributed by atoms with Gasteiger partial charge in [0.25, 0.3) is 0 Å². The van der Waals surface area contributed by atoms with Crippen molar-refractivity contribution in [3.8, 4) is 5.75 Å². The molecule has 1 fully saturated rings. The molecule has 0 spiro atoms. The van der Waals surface area contributed by atoms with E-state index in [9.17, 15) is 18.0 Å². The number of hydrogen-bond donors (Lipinski definition) is 0. The molecule has 1 atom stereocenters. The molecule has 2 aromatic carbocycles. The number of esters is 1. The Labute approximate surface area is 149 Å². The second-order valence-electron chi connectivity index (χ2n) is 6.02. The molecule has 1 saturated heterocycles. The van der Waals surface area contributed by atoms with Gasteiger partial charge in [-0.15, -0.1) is 13.2 Å². The number of carbonyl (C=O) groups excluding carboxylic acids is 1. The van der Waals surface area contributed by atoms with E-state index in [1.807, 2.05) is 30.3 Å². The lowest BCUT2D eigenvalue weighted by molar-refractivity contribution is -0.274. The van der Waals surface area contributed by atoms with Crippen LogP contribution in [0.4, 0.5) is 18.9 Å². The fraction of sp³-hybridized carbons (Fsp3) is 0.316. The van der Waals surface area contributed by atoms with E-state index >= 15 is 0 Å². The number of para-hydroxylation sites is 1. The molecule has 1 heterocycles. The third-order valence-electron chi connectivity index (χ3n) is 4.10. The molecule has 0 bridgehead atoms. The molecule has 138 valence electrons. The van der Waals surface area contributed by atoms with Crippen LogP contribution in [0.3, 0.4) is 0 Å². The highest BCUT2D eigenvalue weighted by Gasteiger charge is 2.31. The minimum absolute atomic E-state index is 0.191. The van der Waals surface area contributed by atoms with Gasteiger partial charge in [0.2, 0.25) is 0 Å². The summed E-state index contributed by atoms with van der Waals surface area (Å²) in [5.74, 6) is -0.926. The van der Waals surface area contributed by atoms with Crippen molar-refractivity contribution in [3.05, 3.63) is 60.2 Å². The molecule has 4 nitrogen and oxygen atoms in total. The van der Waals surface area contributed by atoms with Crippen LogP contribution >= 0.6 is 0 Å². The van der Waals surface area contributed by atoms with E-state index in [4.69, 9.17) is 4.74 Å². The van der Waals surface area contributed by atoms with Gasteiger partial charge in [-0.3, -0.25) is 0 Å². The number of alkyl halides is 3. The van der Waals surface area contributed by atoms with Crippen LogP contribution in [0.15, 0.2) is 54.6 Å². The molecule has 3 rings (SSSR count). The number of nitrogens with zero attached hydrogens (tertiary/aromatic N) is 1. The molecule has 1 aliphatic heterocycles. The average molecular weight is 365 g/mol. The molecule has 0 saturated carbocycles. The summed E-state index contributed by atoms with van der Waals surface area (Å²) >= 11 is 0. The molecule has 1 aliphatic rings. The first kappa shape index (κ1) is 18.1. The van der Waals surface area contributed by atoms with Crippen molar-refractivity contribution in [2.24, 2.45) is 0 Å². The number of halogens is 3. The molecule has 1 unspecified atom stereocenters. The zero-order valence-electron chi connectivity index (χ0n) is 13.9. The maximum absolute atomic E-state index is 12.2. The minimum Gasteiger partial charge on any atom is -0.457 e. The van der Waals surface area contributed by atoms with E-state index in [0.29, 0.717) is 6.54 Å². The number of anilines is 1. The van der Waals surface area contributed by atoms with Crippen molar-refractivity contribution in [2.75, 3.05) is 18.0 Å². The number of piperidine rings is 1. The zero-order chi connectivity index (χ0) is 18.6. The fourth-order valence-electron chi connectivity index (χ4n) is 2.92. The molecular weight excluding hydrogens is 347 g/mol. The Bertz CT molecular complexity index is 732. The normalized spacial score (nSPS) is 17.7. The monoisotopic (exact) mass is 365 g/mol. The number of benzene rings is 2. The second kappa shape index (κ2) is 7.68. The predicted molar refractivity (Wildman–Crippen MR) is 90.2 cm³/mol. The van der Waals surface area contributed by atoms with Gasteiger partial charge in [-0.2, -0.15) is 0 Å². The third kappa shape index (κ3) is 4.91. The quantitative estimate of drug-likeness (QED) is 0.753. The molecule has 26 heavy (non-hydrogen) atoms. The van der Waals surface area contributed by atoms with Gasteiger partial charge in [-0.05, 0) is 49.2 Å². The van der Waals surface area contributed by atoms with Crippen molar-refractivity contribution in [1.29, 1.82) is 0 Å². The number of carbonyl (C=O) groups is 1. The summed E-state index contributed by atoms with van der Waals surface area (Å²) in [5, 5.41) is 0. The number of rotatable bonds is 4. The van der Waals surface area contributed by atoms with E-state index < -0.39 is 12.3 Å². The van der Waals surface area contributed by atoms with Crippen molar-refractivity contribution >= 4 is 11.7 Å². The number of hydrogen-bond acceptors (Lipinski definition) is 4. The number of ether oxygens (including phenoxy) is 2.